The van der Waals surface area contributed by atoms with Crippen molar-refractivity contribution in [2.24, 2.45) is 5.92 Å². The topological polar surface area (TPSA) is 38.3 Å². The van der Waals surface area contributed by atoms with Crippen molar-refractivity contribution in [3.8, 4) is 0 Å². The predicted molar refractivity (Wildman–Crippen MR) is 71.7 cm³/mol. The smallest absolute Gasteiger partial charge is 0.230 e. The summed E-state index contributed by atoms with van der Waals surface area (Å²) < 4.78 is 19.5. The maximum atomic E-state index is 13.9. The Morgan fingerprint density at radius 1 is 1.35 bits per heavy atom. The molecule has 4 heteroatoms. The molecule has 1 aliphatic heterocycles. The zero-order chi connectivity index (χ0) is 13.7. The van der Waals surface area contributed by atoms with Gasteiger partial charge in [0.25, 0.3) is 0 Å². The van der Waals surface area contributed by atoms with Crippen LogP contribution in [0.3, 0.4) is 0 Å². The Hall–Kier alpha value is -1.42. The number of rotatable bonds is 3. The van der Waals surface area contributed by atoms with Crippen molar-refractivity contribution in [3.63, 3.8) is 0 Å². The summed E-state index contributed by atoms with van der Waals surface area (Å²) in [6, 6.07) is 6.87. The van der Waals surface area contributed by atoms with Gasteiger partial charge in [-0.05, 0) is 31.7 Å². The summed E-state index contributed by atoms with van der Waals surface area (Å²) >= 11 is 0. The molecule has 2 aliphatic carbocycles. The van der Waals surface area contributed by atoms with Crippen molar-refractivity contribution in [2.45, 2.75) is 43.2 Å². The van der Waals surface area contributed by atoms with Crippen LogP contribution in [0, 0.1) is 11.7 Å². The zero-order valence-electron chi connectivity index (χ0n) is 11.3. The van der Waals surface area contributed by atoms with E-state index in [1.54, 1.807) is 18.2 Å². The summed E-state index contributed by atoms with van der Waals surface area (Å²) in [5, 5.41) is 3.13. The van der Waals surface area contributed by atoms with E-state index >= 15 is 0 Å². The number of amides is 1. The second-order valence-corrected chi connectivity index (χ2v) is 6.24. The van der Waals surface area contributed by atoms with E-state index in [9.17, 15) is 9.18 Å². The van der Waals surface area contributed by atoms with Crippen molar-refractivity contribution in [3.05, 3.63) is 35.6 Å². The number of ether oxygens (including phenoxy) is 1. The molecule has 3 fully saturated rings. The molecule has 0 unspecified atom stereocenters. The molecule has 0 spiro atoms. The highest BCUT2D eigenvalue weighted by molar-refractivity contribution is 5.91. The van der Waals surface area contributed by atoms with Gasteiger partial charge in [-0.15, -0.1) is 0 Å². The van der Waals surface area contributed by atoms with Crippen molar-refractivity contribution in [1.82, 2.24) is 5.32 Å². The lowest BCUT2D eigenvalue weighted by atomic mass is 9.76. The Kier molecular flexibility index (Phi) is 2.64. The van der Waals surface area contributed by atoms with Crippen LogP contribution >= 0.6 is 0 Å². The molecule has 3 aliphatic rings. The average Bonchev–Trinajstić information content (AvgIpc) is 3.15. The average molecular weight is 275 g/mol. The van der Waals surface area contributed by atoms with Gasteiger partial charge in [0.2, 0.25) is 5.91 Å². The number of nitrogens with one attached hydrogen (secondary N) is 1. The lowest BCUT2D eigenvalue weighted by Gasteiger charge is -2.40. The number of halogens is 1. The first kappa shape index (κ1) is 12.3. The van der Waals surface area contributed by atoms with Gasteiger partial charge in [0.05, 0.1) is 11.5 Å². The number of benzene rings is 1. The van der Waals surface area contributed by atoms with Crippen molar-refractivity contribution < 1.29 is 13.9 Å². The molecule has 0 bridgehead atoms. The van der Waals surface area contributed by atoms with Crippen molar-refractivity contribution in [1.29, 1.82) is 0 Å². The summed E-state index contributed by atoms with van der Waals surface area (Å²) in [7, 11) is 0. The fourth-order valence-corrected chi connectivity index (χ4v) is 3.66. The molecule has 1 aromatic carbocycles. The highest BCUT2D eigenvalue weighted by atomic mass is 19.1. The molecule has 20 heavy (non-hydrogen) atoms. The van der Waals surface area contributed by atoms with Crippen LogP contribution in [-0.4, -0.2) is 24.7 Å². The summed E-state index contributed by atoms with van der Waals surface area (Å²) in [4.78, 5) is 12.6. The zero-order valence-corrected chi connectivity index (χ0v) is 11.3. The summed E-state index contributed by atoms with van der Waals surface area (Å²) in [5.74, 6) is 0.198. The molecule has 1 saturated heterocycles. The molecule has 2 saturated carbocycles. The number of fused-ring (bicyclic) bond motifs is 1. The van der Waals surface area contributed by atoms with Crippen LogP contribution in [0.25, 0.3) is 0 Å². The van der Waals surface area contributed by atoms with E-state index < -0.39 is 5.41 Å². The van der Waals surface area contributed by atoms with Gasteiger partial charge in [0.15, 0.2) is 0 Å². The van der Waals surface area contributed by atoms with Gasteiger partial charge < -0.3 is 10.1 Å². The number of hydrogen-bond donors (Lipinski definition) is 1. The maximum Gasteiger partial charge on any atom is 0.230 e. The monoisotopic (exact) mass is 275 g/mol. The van der Waals surface area contributed by atoms with Gasteiger partial charge in [-0.1, -0.05) is 18.2 Å². The lowest BCUT2D eigenvalue weighted by molar-refractivity contribution is -0.126. The van der Waals surface area contributed by atoms with Crippen LogP contribution in [-0.2, 0) is 14.9 Å². The second kappa shape index (κ2) is 4.29. The van der Waals surface area contributed by atoms with Crippen LogP contribution in [0.15, 0.2) is 24.3 Å². The van der Waals surface area contributed by atoms with E-state index in [0.717, 1.165) is 32.3 Å². The Bertz CT molecular complexity index is 555. The van der Waals surface area contributed by atoms with E-state index in [1.807, 2.05) is 0 Å². The van der Waals surface area contributed by atoms with Crippen LogP contribution in [0.5, 0.6) is 0 Å². The fraction of sp³-hybridized carbons (Fsp3) is 0.562. The highest BCUT2D eigenvalue weighted by Gasteiger charge is 2.55. The van der Waals surface area contributed by atoms with Gasteiger partial charge >= 0.3 is 0 Å². The van der Waals surface area contributed by atoms with Crippen LogP contribution < -0.4 is 5.32 Å². The molecule has 0 aromatic heterocycles. The molecular formula is C16H18FNO2. The third-order valence-corrected chi connectivity index (χ3v) is 5.15. The highest BCUT2D eigenvalue weighted by Crippen LogP contribution is 2.50. The second-order valence-electron chi connectivity index (χ2n) is 6.24. The molecule has 106 valence electrons. The van der Waals surface area contributed by atoms with Gasteiger partial charge in [-0.25, -0.2) is 4.39 Å². The summed E-state index contributed by atoms with van der Waals surface area (Å²) in [5.41, 5.74) is -0.0633. The third-order valence-electron chi connectivity index (χ3n) is 5.15. The summed E-state index contributed by atoms with van der Waals surface area (Å²) in [6.45, 7) is 0.806. The quantitative estimate of drug-likeness (QED) is 0.918. The number of carbonyl (C=O) groups excluding carboxylic acids is 1. The molecule has 1 N–H and O–H groups in total. The third kappa shape index (κ3) is 1.71. The molecule has 1 heterocycles. The molecule has 1 aromatic rings. The lowest BCUT2D eigenvalue weighted by Crippen LogP contribution is -2.55. The molecular weight excluding hydrogens is 257 g/mol. The largest absolute Gasteiger partial charge is 0.378 e. The van der Waals surface area contributed by atoms with Gasteiger partial charge in [0.1, 0.15) is 5.82 Å². The summed E-state index contributed by atoms with van der Waals surface area (Å²) in [6.07, 6.45) is 3.77. The van der Waals surface area contributed by atoms with E-state index in [2.05, 4.69) is 5.32 Å². The van der Waals surface area contributed by atoms with E-state index in [-0.39, 0.29) is 17.8 Å². The Morgan fingerprint density at radius 2 is 2.15 bits per heavy atom. The minimum absolute atomic E-state index is 0.00190. The van der Waals surface area contributed by atoms with Gasteiger partial charge in [-0.2, -0.15) is 0 Å². The molecule has 4 rings (SSSR count). The number of hydrogen-bond acceptors (Lipinski definition) is 2. The number of carbonyl (C=O) groups is 1. The van der Waals surface area contributed by atoms with Gasteiger partial charge in [-0.3, -0.25) is 4.79 Å². The normalized spacial score (nSPS) is 33.1. The van der Waals surface area contributed by atoms with Crippen LogP contribution in [0.2, 0.25) is 0 Å². The van der Waals surface area contributed by atoms with Crippen molar-refractivity contribution >= 4 is 5.91 Å². The van der Waals surface area contributed by atoms with Gasteiger partial charge in [0, 0.05) is 24.1 Å². The SMILES string of the molecule is O=C(N[C@@H]1C[C@H]2OCC[C@@H]12)C1(c2ccccc2F)CC1. The fourth-order valence-electron chi connectivity index (χ4n) is 3.66. The minimum atomic E-state index is -0.615. The van der Waals surface area contributed by atoms with E-state index in [0.29, 0.717) is 17.6 Å². The Morgan fingerprint density at radius 3 is 2.85 bits per heavy atom. The molecule has 3 nitrogen and oxygen atoms in total. The standard InChI is InChI=1S/C16H18FNO2/c17-12-4-2-1-3-11(12)16(6-7-16)15(19)18-13-9-14-10(13)5-8-20-14/h1-4,10,13-14H,5-9H2,(H,18,19)/t10-,13+,14+/m0/s1. The first-order chi connectivity index (χ1) is 9.71. The maximum absolute atomic E-state index is 13.9. The first-order valence-corrected chi connectivity index (χ1v) is 7.38. The molecule has 1 amide bonds. The molecule has 3 atom stereocenters. The Labute approximate surface area is 117 Å². The minimum Gasteiger partial charge on any atom is -0.378 e. The predicted octanol–water partition coefficient (Wildman–Crippen LogP) is 2.15. The molecule has 0 radical (unpaired) electrons. The Balaban J connectivity index is 1.50. The van der Waals surface area contributed by atoms with E-state index in [1.165, 1.54) is 6.07 Å². The van der Waals surface area contributed by atoms with Crippen LogP contribution in [0.1, 0.15) is 31.2 Å². The van der Waals surface area contributed by atoms with Crippen molar-refractivity contribution in [2.75, 3.05) is 6.61 Å². The first-order valence-electron chi connectivity index (χ1n) is 7.38. The van der Waals surface area contributed by atoms with Crippen LogP contribution in [0.4, 0.5) is 4.39 Å². The van der Waals surface area contributed by atoms with E-state index in [4.69, 9.17) is 4.74 Å².